The summed E-state index contributed by atoms with van der Waals surface area (Å²) in [5.41, 5.74) is 5.64. The zero-order chi connectivity index (χ0) is 11.7. The summed E-state index contributed by atoms with van der Waals surface area (Å²) < 4.78 is 0. The molecular weight excluding hydrogens is 184 g/mol. The summed E-state index contributed by atoms with van der Waals surface area (Å²) in [5, 5.41) is 0. The maximum atomic E-state index is 5.64. The van der Waals surface area contributed by atoms with Crippen molar-refractivity contribution in [3.8, 4) is 0 Å². The first-order valence-electron chi connectivity index (χ1n) is 6.55. The summed E-state index contributed by atoms with van der Waals surface area (Å²) in [4.78, 5) is 2.59. The Kier molecular flexibility index (Phi) is 9.12. The maximum Gasteiger partial charge on any atom is 0.00385 e. The Balaban J connectivity index is 3.73. The van der Waals surface area contributed by atoms with Gasteiger partial charge in [-0.15, -0.1) is 0 Å². The monoisotopic (exact) mass is 214 g/mol. The van der Waals surface area contributed by atoms with Crippen LogP contribution >= 0.6 is 0 Å². The smallest absolute Gasteiger partial charge is 0.00385 e. The number of unbranched alkanes of at least 4 members (excludes halogenated alkanes) is 2. The van der Waals surface area contributed by atoms with E-state index in [1.54, 1.807) is 0 Å². The Bertz CT molecular complexity index is 134. The molecule has 0 aromatic rings. The number of hydrogen-bond donors (Lipinski definition) is 1. The number of rotatable bonds is 9. The van der Waals surface area contributed by atoms with Crippen LogP contribution in [0.15, 0.2) is 0 Å². The van der Waals surface area contributed by atoms with Crippen LogP contribution in [-0.4, -0.2) is 30.6 Å². The normalized spacial score (nSPS) is 13.8. The molecule has 0 fully saturated rings. The molecule has 0 bridgehead atoms. The SMILES string of the molecule is CCCCCN(CCC(C)CN)C(C)C. The molecule has 0 amide bonds. The third kappa shape index (κ3) is 7.80. The van der Waals surface area contributed by atoms with Crippen molar-refractivity contribution in [3.05, 3.63) is 0 Å². The van der Waals surface area contributed by atoms with Crippen LogP contribution < -0.4 is 5.73 Å². The lowest BCUT2D eigenvalue weighted by Gasteiger charge is -2.27. The average molecular weight is 214 g/mol. The van der Waals surface area contributed by atoms with Crippen LogP contribution in [0.3, 0.4) is 0 Å². The first-order chi connectivity index (χ1) is 7.11. The summed E-state index contributed by atoms with van der Waals surface area (Å²) in [6.45, 7) is 12.4. The molecule has 2 N–H and O–H groups in total. The lowest BCUT2D eigenvalue weighted by Crippen LogP contribution is -2.34. The number of nitrogens with zero attached hydrogens (tertiary/aromatic N) is 1. The molecule has 0 aliphatic carbocycles. The Morgan fingerprint density at radius 2 is 1.73 bits per heavy atom. The highest BCUT2D eigenvalue weighted by Crippen LogP contribution is 2.07. The van der Waals surface area contributed by atoms with E-state index in [2.05, 4.69) is 32.6 Å². The molecule has 0 heterocycles. The molecule has 0 aromatic heterocycles. The van der Waals surface area contributed by atoms with Gasteiger partial charge in [0.2, 0.25) is 0 Å². The van der Waals surface area contributed by atoms with Gasteiger partial charge < -0.3 is 10.6 Å². The van der Waals surface area contributed by atoms with Crippen LogP contribution in [0.5, 0.6) is 0 Å². The van der Waals surface area contributed by atoms with Gasteiger partial charge in [-0.1, -0.05) is 26.7 Å². The molecule has 2 heteroatoms. The van der Waals surface area contributed by atoms with E-state index in [-0.39, 0.29) is 0 Å². The lowest BCUT2D eigenvalue weighted by molar-refractivity contribution is 0.204. The summed E-state index contributed by atoms with van der Waals surface area (Å²) in [6.07, 6.45) is 5.24. The fourth-order valence-electron chi connectivity index (χ4n) is 1.70. The van der Waals surface area contributed by atoms with Crippen LogP contribution in [0, 0.1) is 5.92 Å². The van der Waals surface area contributed by atoms with E-state index in [4.69, 9.17) is 5.73 Å². The largest absolute Gasteiger partial charge is 0.330 e. The van der Waals surface area contributed by atoms with Gasteiger partial charge in [0.05, 0.1) is 0 Å². The second-order valence-electron chi connectivity index (χ2n) is 4.97. The summed E-state index contributed by atoms with van der Waals surface area (Å²) in [7, 11) is 0. The minimum atomic E-state index is 0.664. The van der Waals surface area contributed by atoms with Gasteiger partial charge in [0, 0.05) is 6.04 Å². The van der Waals surface area contributed by atoms with E-state index < -0.39 is 0 Å². The van der Waals surface area contributed by atoms with E-state index in [1.165, 1.54) is 38.8 Å². The van der Waals surface area contributed by atoms with E-state index in [0.29, 0.717) is 12.0 Å². The number of nitrogens with two attached hydrogens (primary N) is 1. The average Bonchev–Trinajstić information content (AvgIpc) is 2.22. The van der Waals surface area contributed by atoms with Crippen molar-refractivity contribution in [2.45, 2.75) is 59.4 Å². The van der Waals surface area contributed by atoms with Gasteiger partial charge in [-0.2, -0.15) is 0 Å². The Morgan fingerprint density at radius 1 is 1.07 bits per heavy atom. The molecule has 0 saturated carbocycles. The van der Waals surface area contributed by atoms with Gasteiger partial charge in [-0.25, -0.2) is 0 Å². The molecule has 2 nitrogen and oxygen atoms in total. The third-order valence-electron chi connectivity index (χ3n) is 3.09. The first-order valence-corrected chi connectivity index (χ1v) is 6.55. The molecule has 0 spiro atoms. The molecule has 0 aliphatic rings. The second kappa shape index (κ2) is 9.17. The zero-order valence-corrected chi connectivity index (χ0v) is 11.1. The van der Waals surface area contributed by atoms with Crippen molar-refractivity contribution in [1.29, 1.82) is 0 Å². The lowest BCUT2D eigenvalue weighted by atomic mass is 10.1. The van der Waals surface area contributed by atoms with Crippen molar-refractivity contribution in [3.63, 3.8) is 0 Å². The standard InChI is InChI=1S/C13H30N2/c1-5-6-7-9-15(12(2)3)10-8-13(4)11-14/h12-13H,5-11,14H2,1-4H3. The van der Waals surface area contributed by atoms with Crippen molar-refractivity contribution >= 4 is 0 Å². The highest BCUT2D eigenvalue weighted by molar-refractivity contribution is 4.65. The Morgan fingerprint density at radius 3 is 2.20 bits per heavy atom. The van der Waals surface area contributed by atoms with Gasteiger partial charge in [0.15, 0.2) is 0 Å². The molecule has 15 heavy (non-hydrogen) atoms. The molecule has 0 saturated heterocycles. The number of hydrogen-bond acceptors (Lipinski definition) is 2. The molecule has 1 atom stereocenters. The predicted octanol–water partition coefficient (Wildman–Crippen LogP) is 2.87. The van der Waals surface area contributed by atoms with E-state index in [1.807, 2.05) is 0 Å². The molecule has 0 radical (unpaired) electrons. The minimum absolute atomic E-state index is 0.664. The molecule has 0 rings (SSSR count). The fourth-order valence-corrected chi connectivity index (χ4v) is 1.70. The van der Waals surface area contributed by atoms with Crippen molar-refractivity contribution in [2.24, 2.45) is 11.7 Å². The van der Waals surface area contributed by atoms with Gasteiger partial charge in [-0.05, 0) is 52.2 Å². The Hall–Kier alpha value is -0.0800. The van der Waals surface area contributed by atoms with Crippen molar-refractivity contribution < 1.29 is 0 Å². The molecule has 0 aromatic carbocycles. The van der Waals surface area contributed by atoms with Gasteiger partial charge in [0.1, 0.15) is 0 Å². The summed E-state index contributed by atoms with van der Waals surface area (Å²) >= 11 is 0. The van der Waals surface area contributed by atoms with Crippen molar-refractivity contribution in [2.75, 3.05) is 19.6 Å². The van der Waals surface area contributed by atoms with Gasteiger partial charge in [-0.3, -0.25) is 0 Å². The first kappa shape index (κ1) is 14.9. The maximum absolute atomic E-state index is 5.64. The third-order valence-corrected chi connectivity index (χ3v) is 3.09. The van der Waals surface area contributed by atoms with Gasteiger partial charge >= 0.3 is 0 Å². The molecular formula is C13H30N2. The Labute approximate surface area is 96.2 Å². The quantitative estimate of drug-likeness (QED) is 0.598. The zero-order valence-electron chi connectivity index (χ0n) is 11.1. The molecule has 1 unspecified atom stereocenters. The topological polar surface area (TPSA) is 29.3 Å². The van der Waals surface area contributed by atoms with E-state index >= 15 is 0 Å². The van der Waals surface area contributed by atoms with Crippen LogP contribution in [0.1, 0.15) is 53.4 Å². The van der Waals surface area contributed by atoms with Crippen molar-refractivity contribution in [1.82, 2.24) is 4.90 Å². The minimum Gasteiger partial charge on any atom is -0.330 e. The van der Waals surface area contributed by atoms with E-state index in [9.17, 15) is 0 Å². The van der Waals surface area contributed by atoms with E-state index in [0.717, 1.165) is 6.54 Å². The van der Waals surface area contributed by atoms with Crippen LogP contribution in [0.2, 0.25) is 0 Å². The predicted molar refractivity (Wildman–Crippen MR) is 69.1 cm³/mol. The molecule has 0 aliphatic heterocycles. The summed E-state index contributed by atoms with van der Waals surface area (Å²) in [5.74, 6) is 0.664. The van der Waals surface area contributed by atoms with Crippen LogP contribution in [-0.2, 0) is 0 Å². The van der Waals surface area contributed by atoms with Gasteiger partial charge in [0.25, 0.3) is 0 Å². The highest BCUT2D eigenvalue weighted by atomic mass is 15.1. The molecule has 92 valence electrons. The fraction of sp³-hybridized carbons (Fsp3) is 1.00. The van der Waals surface area contributed by atoms with Crippen LogP contribution in [0.4, 0.5) is 0 Å². The summed E-state index contributed by atoms with van der Waals surface area (Å²) in [6, 6.07) is 0.673. The van der Waals surface area contributed by atoms with Crippen LogP contribution in [0.25, 0.3) is 0 Å². The second-order valence-corrected chi connectivity index (χ2v) is 4.97. The highest BCUT2D eigenvalue weighted by Gasteiger charge is 2.10.